The molecule has 106 valence electrons. The third kappa shape index (κ3) is 2.82. The van der Waals surface area contributed by atoms with Crippen LogP contribution in [0.15, 0.2) is 18.2 Å². The number of aromatic carboxylic acids is 1. The molecule has 0 radical (unpaired) electrons. The number of hydrogen-bond donors (Lipinski definition) is 2. The first-order chi connectivity index (χ1) is 9.72. The molecule has 1 fully saturated rings. The van der Waals surface area contributed by atoms with Gasteiger partial charge in [-0.05, 0) is 43.9 Å². The number of H-pyrrole nitrogens is 1. The maximum Gasteiger partial charge on any atom is 0.335 e. The van der Waals surface area contributed by atoms with Crippen molar-refractivity contribution in [3.8, 4) is 0 Å². The van der Waals surface area contributed by atoms with E-state index in [1.165, 1.54) is 12.8 Å². The van der Waals surface area contributed by atoms with Crippen molar-refractivity contribution in [3.63, 3.8) is 0 Å². The van der Waals surface area contributed by atoms with Crippen molar-refractivity contribution in [2.24, 2.45) is 0 Å². The number of ether oxygens (including phenoxy) is 1. The lowest BCUT2D eigenvalue weighted by atomic mass is 10.0. The van der Waals surface area contributed by atoms with E-state index in [9.17, 15) is 4.79 Å². The van der Waals surface area contributed by atoms with Crippen molar-refractivity contribution in [2.75, 3.05) is 6.61 Å². The summed E-state index contributed by atoms with van der Waals surface area (Å²) in [5, 5.41) is 8.97. The van der Waals surface area contributed by atoms with Gasteiger partial charge in [0.2, 0.25) is 0 Å². The van der Waals surface area contributed by atoms with Gasteiger partial charge in [0, 0.05) is 13.0 Å². The Bertz CT molecular complexity index is 615. The van der Waals surface area contributed by atoms with Gasteiger partial charge in [-0.1, -0.05) is 0 Å². The highest BCUT2D eigenvalue weighted by Crippen LogP contribution is 2.19. The van der Waals surface area contributed by atoms with E-state index in [1.807, 2.05) is 0 Å². The Morgan fingerprint density at radius 3 is 3.10 bits per heavy atom. The van der Waals surface area contributed by atoms with Gasteiger partial charge in [0.25, 0.3) is 0 Å². The number of carboxylic acids is 1. The van der Waals surface area contributed by atoms with Crippen LogP contribution in [0.1, 0.15) is 41.9 Å². The molecule has 1 aromatic carbocycles. The molecular weight excluding hydrogens is 256 g/mol. The summed E-state index contributed by atoms with van der Waals surface area (Å²) in [5.41, 5.74) is 1.88. The van der Waals surface area contributed by atoms with Crippen LogP contribution in [0.2, 0.25) is 0 Å². The van der Waals surface area contributed by atoms with Gasteiger partial charge < -0.3 is 14.8 Å². The van der Waals surface area contributed by atoms with Crippen LogP contribution in [-0.2, 0) is 11.2 Å². The first-order valence-corrected chi connectivity index (χ1v) is 7.06. The van der Waals surface area contributed by atoms with Crippen molar-refractivity contribution < 1.29 is 14.6 Å². The molecule has 2 aromatic rings. The van der Waals surface area contributed by atoms with Gasteiger partial charge >= 0.3 is 5.97 Å². The van der Waals surface area contributed by atoms with Crippen molar-refractivity contribution in [1.82, 2.24) is 9.97 Å². The third-order valence-corrected chi connectivity index (χ3v) is 3.75. The molecule has 0 amide bonds. The number of fused-ring (bicyclic) bond motifs is 1. The standard InChI is InChI=1S/C15H18N2O3/c18-15(19)10-4-6-12-13(9-10)17-14(16-12)7-5-11-3-1-2-8-20-11/h4,6,9,11H,1-3,5,7-8H2,(H,16,17)(H,18,19). The maximum absolute atomic E-state index is 10.9. The molecule has 0 bridgehead atoms. The van der Waals surface area contributed by atoms with E-state index in [-0.39, 0.29) is 5.56 Å². The fourth-order valence-corrected chi connectivity index (χ4v) is 2.65. The summed E-state index contributed by atoms with van der Waals surface area (Å²) in [5.74, 6) is -0.0182. The number of nitrogens with one attached hydrogen (secondary N) is 1. The van der Waals surface area contributed by atoms with E-state index in [2.05, 4.69) is 9.97 Å². The lowest BCUT2D eigenvalue weighted by Crippen LogP contribution is -2.19. The Labute approximate surface area is 117 Å². The molecule has 0 saturated carbocycles. The van der Waals surface area contributed by atoms with Crippen LogP contribution >= 0.6 is 0 Å². The molecule has 20 heavy (non-hydrogen) atoms. The fourth-order valence-electron chi connectivity index (χ4n) is 2.65. The molecule has 2 N–H and O–H groups in total. The minimum absolute atomic E-state index is 0.281. The number of aromatic nitrogens is 2. The zero-order chi connectivity index (χ0) is 13.9. The summed E-state index contributed by atoms with van der Waals surface area (Å²) in [6.07, 6.45) is 5.68. The molecule has 0 spiro atoms. The summed E-state index contributed by atoms with van der Waals surface area (Å²) in [6.45, 7) is 0.868. The van der Waals surface area contributed by atoms with Gasteiger partial charge in [-0.15, -0.1) is 0 Å². The number of nitrogens with zero attached hydrogens (tertiary/aromatic N) is 1. The highest BCUT2D eigenvalue weighted by atomic mass is 16.5. The second-order valence-corrected chi connectivity index (χ2v) is 5.25. The first kappa shape index (κ1) is 13.1. The Morgan fingerprint density at radius 2 is 2.35 bits per heavy atom. The number of aryl methyl sites for hydroxylation is 1. The fraction of sp³-hybridized carbons (Fsp3) is 0.467. The summed E-state index contributed by atoms with van der Waals surface area (Å²) in [7, 11) is 0. The Hall–Kier alpha value is -1.88. The molecule has 0 aliphatic carbocycles. The molecule has 2 heterocycles. The van der Waals surface area contributed by atoms with E-state index >= 15 is 0 Å². The zero-order valence-electron chi connectivity index (χ0n) is 11.3. The molecule has 1 atom stereocenters. The normalized spacial score (nSPS) is 19.3. The van der Waals surface area contributed by atoms with E-state index in [0.717, 1.165) is 42.7 Å². The molecule has 5 nitrogen and oxygen atoms in total. The predicted octanol–water partition coefficient (Wildman–Crippen LogP) is 2.76. The van der Waals surface area contributed by atoms with Crippen LogP contribution in [0, 0.1) is 0 Å². The van der Waals surface area contributed by atoms with Gasteiger partial charge in [-0.2, -0.15) is 0 Å². The zero-order valence-corrected chi connectivity index (χ0v) is 11.3. The van der Waals surface area contributed by atoms with Crippen LogP contribution in [0.5, 0.6) is 0 Å². The van der Waals surface area contributed by atoms with E-state index in [1.54, 1.807) is 18.2 Å². The van der Waals surface area contributed by atoms with Crippen molar-refractivity contribution >= 4 is 17.0 Å². The third-order valence-electron chi connectivity index (χ3n) is 3.75. The first-order valence-electron chi connectivity index (χ1n) is 7.06. The molecule has 1 aliphatic rings. The van der Waals surface area contributed by atoms with Crippen LogP contribution < -0.4 is 0 Å². The number of rotatable bonds is 4. The minimum Gasteiger partial charge on any atom is -0.478 e. The Balaban J connectivity index is 1.70. The molecule has 1 aliphatic heterocycles. The van der Waals surface area contributed by atoms with Gasteiger partial charge in [0.05, 0.1) is 22.7 Å². The Morgan fingerprint density at radius 1 is 1.45 bits per heavy atom. The number of aromatic amines is 1. The maximum atomic E-state index is 10.9. The van der Waals surface area contributed by atoms with Crippen molar-refractivity contribution in [2.45, 2.75) is 38.2 Å². The summed E-state index contributed by atoms with van der Waals surface area (Å²) in [6, 6.07) is 4.96. The second kappa shape index (κ2) is 5.63. The lowest BCUT2D eigenvalue weighted by Gasteiger charge is -2.21. The Kier molecular flexibility index (Phi) is 3.69. The van der Waals surface area contributed by atoms with Gasteiger partial charge in [0.1, 0.15) is 5.82 Å². The molecule has 5 heteroatoms. The minimum atomic E-state index is -0.918. The summed E-state index contributed by atoms with van der Waals surface area (Å²) >= 11 is 0. The van der Waals surface area contributed by atoms with E-state index in [4.69, 9.17) is 9.84 Å². The number of hydrogen-bond acceptors (Lipinski definition) is 3. The monoisotopic (exact) mass is 274 g/mol. The lowest BCUT2D eigenvalue weighted by molar-refractivity contribution is 0.0112. The summed E-state index contributed by atoms with van der Waals surface area (Å²) < 4.78 is 5.70. The molecule has 3 rings (SSSR count). The molecule has 1 unspecified atom stereocenters. The molecular formula is C15H18N2O3. The average Bonchev–Trinajstić information content (AvgIpc) is 2.88. The highest BCUT2D eigenvalue weighted by Gasteiger charge is 2.15. The SMILES string of the molecule is O=C(O)c1ccc2nc(CCC3CCCCO3)[nH]c2c1. The van der Waals surface area contributed by atoms with E-state index in [0.29, 0.717) is 6.10 Å². The topological polar surface area (TPSA) is 75.2 Å². The number of carbonyl (C=O) groups is 1. The van der Waals surface area contributed by atoms with Crippen molar-refractivity contribution in [3.05, 3.63) is 29.6 Å². The smallest absolute Gasteiger partial charge is 0.335 e. The molecule has 1 saturated heterocycles. The quantitative estimate of drug-likeness (QED) is 0.899. The molecule has 1 aromatic heterocycles. The number of carboxylic acid groups (broad SMARTS) is 1. The van der Waals surface area contributed by atoms with Crippen LogP contribution in [0.25, 0.3) is 11.0 Å². The number of imidazole rings is 1. The van der Waals surface area contributed by atoms with Crippen molar-refractivity contribution in [1.29, 1.82) is 0 Å². The average molecular weight is 274 g/mol. The van der Waals surface area contributed by atoms with Crippen LogP contribution in [0.3, 0.4) is 0 Å². The largest absolute Gasteiger partial charge is 0.478 e. The number of benzene rings is 1. The predicted molar refractivity (Wildman–Crippen MR) is 75.0 cm³/mol. The van der Waals surface area contributed by atoms with Gasteiger partial charge in [0.15, 0.2) is 0 Å². The second-order valence-electron chi connectivity index (χ2n) is 5.25. The van der Waals surface area contributed by atoms with Crippen LogP contribution in [0.4, 0.5) is 0 Å². The van der Waals surface area contributed by atoms with Gasteiger partial charge in [-0.3, -0.25) is 0 Å². The summed E-state index contributed by atoms with van der Waals surface area (Å²) in [4.78, 5) is 18.6. The van der Waals surface area contributed by atoms with Crippen LogP contribution in [-0.4, -0.2) is 33.8 Å². The highest BCUT2D eigenvalue weighted by molar-refractivity contribution is 5.92. The van der Waals surface area contributed by atoms with E-state index < -0.39 is 5.97 Å². The van der Waals surface area contributed by atoms with Gasteiger partial charge in [-0.25, -0.2) is 9.78 Å².